The first-order valence-corrected chi connectivity index (χ1v) is 7.17. The molecule has 0 bridgehead atoms. The van der Waals surface area contributed by atoms with Crippen LogP contribution in [0.25, 0.3) is 11.3 Å². The van der Waals surface area contributed by atoms with Gasteiger partial charge in [0.15, 0.2) is 0 Å². The summed E-state index contributed by atoms with van der Waals surface area (Å²) in [6.07, 6.45) is 6.84. The Morgan fingerprint density at radius 2 is 2.28 bits per heavy atom. The molecule has 2 aromatic rings. The minimum absolute atomic E-state index is 0.759. The summed E-state index contributed by atoms with van der Waals surface area (Å²) >= 11 is 1.54. The second-order valence-corrected chi connectivity index (χ2v) is 4.69. The molecule has 0 amide bonds. The van der Waals surface area contributed by atoms with E-state index in [-0.39, 0.29) is 0 Å². The number of rotatable bonds is 5. The number of nitrogens with one attached hydrogen (secondary N) is 1. The van der Waals surface area contributed by atoms with E-state index in [1.165, 1.54) is 11.9 Å². The second-order valence-electron chi connectivity index (χ2n) is 4.08. The third kappa shape index (κ3) is 2.61. The molecule has 18 heavy (non-hydrogen) atoms. The molecule has 0 radical (unpaired) electrons. The Hall–Kier alpha value is -1.62. The van der Waals surface area contributed by atoms with Gasteiger partial charge in [0.1, 0.15) is 0 Å². The van der Waals surface area contributed by atoms with Crippen molar-refractivity contribution in [1.29, 1.82) is 0 Å². The lowest BCUT2D eigenvalue weighted by molar-refractivity contribution is 0.684. The highest BCUT2D eigenvalue weighted by Gasteiger charge is 2.07. The third-order valence-electron chi connectivity index (χ3n) is 2.74. The van der Waals surface area contributed by atoms with Gasteiger partial charge in [0.05, 0.1) is 29.6 Å². The van der Waals surface area contributed by atoms with Crippen LogP contribution in [0.1, 0.15) is 13.3 Å². The van der Waals surface area contributed by atoms with E-state index < -0.39 is 0 Å². The van der Waals surface area contributed by atoms with Crippen molar-refractivity contribution in [2.24, 2.45) is 0 Å². The Kier molecular flexibility index (Phi) is 4.15. The fourth-order valence-corrected chi connectivity index (χ4v) is 2.29. The van der Waals surface area contributed by atoms with Gasteiger partial charge in [-0.1, -0.05) is 24.9 Å². The molecule has 0 fully saturated rings. The van der Waals surface area contributed by atoms with Crippen LogP contribution < -0.4 is 10.5 Å². The number of nitrogens with two attached hydrogens (primary N) is 1. The van der Waals surface area contributed by atoms with Gasteiger partial charge in [-0.05, 0) is 18.6 Å². The van der Waals surface area contributed by atoms with E-state index in [2.05, 4.69) is 27.3 Å². The number of nitrogen functional groups attached to an aromatic ring is 1. The van der Waals surface area contributed by atoms with Gasteiger partial charge in [0, 0.05) is 18.4 Å². The number of imidazole rings is 1. The zero-order chi connectivity index (χ0) is 13.0. The van der Waals surface area contributed by atoms with Crippen LogP contribution in [0.4, 0.5) is 11.4 Å². The summed E-state index contributed by atoms with van der Waals surface area (Å²) < 4.78 is 5.35. The number of hydrogen-bond donors (Lipinski definition) is 2. The van der Waals surface area contributed by atoms with Crippen molar-refractivity contribution in [2.45, 2.75) is 19.9 Å². The summed E-state index contributed by atoms with van der Waals surface area (Å²) in [5, 5.41) is 0. The van der Waals surface area contributed by atoms with Crippen LogP contribution in [0.15, 0.2) is 30.7 Å². The Labute approximate surface area is 112 Å². The molecule has 0 spiro atoms. The van der Waals surface area contributed by atoms with E-state index in [4.69, 9.17) is 5.73 Å². The molecule has 2 rings (SSSR count). The monoisotopic (exact) mass is 262 g/mol. The predicted octanol–water partition coefficient (Wildman–Crippen LogP) is 3.23. The minimum Gasteiger partial charge on any atom is -0.397 e. The topological polar surface area (TPSA) is 55.9 Å². The zero-order valence-electron chi connectivity index (χ0n) is 10.7. The maximum Gasteiger partial charge on any atom is 0.0950 e. The molecule has 0 atom stereocenters. The van der Waals surface area contributed by atoms with Gasteiger partial charge in [0.2, 0.25) is 0 Å². The van der Waals surface area contributed by atoms with Crippen LogP contribution in [-0.2, 0) is 6.54 Å². The summed E-state index contributed by atoms with van der Waals surface area (Å²) in [4.78, 5) is 4.22. The highest BCUT2D eigenvalue weighted by molar-refractivity contribution is 7.99. The first-order chi connectivity index (χ1) is 8.76. The summed E-state index contributed by atoms with van der Waals surface area (Å²) in [5.41, 5.74) is 9.89. The van der Waals surface area contributed by atoms with Crippen molar-refractivity contribution in [1.82, 2.24) is 9.55 Å². The number of aryl methyl sites for hydroxylation is 1. The van der Waals surface area contributed by atoms with Crippen molar-refractivity contribution >= 4 is 23.3 Å². The summed E-state index contributed by atoms with van der Waals surface area (Å²) in [6.45, 7) is 3.14. The van der Waals surface area contributed by atoms with Crippen LogP contribution in [0.2, 0.25) is 0 Å². The van der Waals surface area contributed by atoms with Gasteiger partial charge in [-0.3, -0.25) is 0 Å². The van der Waals surface area contributed by atoms with Gasteiger partial charge in [-0.2, -0.15) is 0 Å². The van der Waals surface area contributed by atoms with E-state index in [0.717, 1.165) is 35.6 Å². The van der Waals surface area contributed by atoms with Crippen LogP contribution in [0.5, 0.6) is 0 Å². The molecule has 0 aliphatic carbocycles. The van der Waals surface area contributed by atoms with Gasteiger partial charge < -0.3 is 15.0 Å². The quantitative estimate of drug-likeness (QED) is 0.641. The first-order valence-electron chi connectivity index (χ1n) is 5.95. The van der Waals surface area contributed by atoms with Crippen molar-refractivity contribution in [3.63, 3.8) is 0 Å². The normalized spacial score (nSPS) is 10.6. The molecule has 0 unspecified atom stereocenters. The number of hydrogen-bond acceptors (Lipinski definition) is 4. The number of aromatic nitrogens is 2. The van der Waals surface area contributed by atoms with Crippen molar-refractivity contribution in [3.05, 3.63) is 30.7 Å². The Morgan fingerprint density at radius 3 is 3.00 bits per heavy atom. The standard InChI is InChI=1S/C13H18N4S/c1-3-6-17-9-15-8-13(17)10-4-5-11(14)12(7-10)16-18-2/h4-5,7-9,16H,3,6,14H2,1-2H3. The van der Waals surface area contributed by atoms with Gasteiger partial charge in [-0.25, -0.2) is 4.98 Å². The Balaban J connectivity index is 2.38. The largest absolute Gasteiger partial charge is 0.397 e. The molecule has 96 valence electrons. The summed E-state index contributed by atoms with van der Waals surface area (Å²) in [5.74, 6) is 0. The van der Waals surface area contributed by atoms with Gasteiger partial charge >= 0.3 is 0 Å². The van der Waals surface area contributed by atoms with Gasteiger partial charge in [0.25, 0.3) is 0 Å². The lowest BCUT2D eigenvalue weighted by Gasteiger charge is -2.11. The molecule has 1 heterocycles. The average molecular weight is 262 g/mol. The summed E-state index contributed by atoms with van der Waals surface area (Å²) in [7, 11) is 0. The van der Waals surface area contributed by atoms with E-state index in [0.29, 0.717) is 0 Å². The van der Waals surface area contributed by atoms with Crippen LogP contribution >= 0.6 is 11.9 Å². The lowest BCUT2D eigenvalue weighted by atomic mass is 10.1. The van der Waals surface area contributed by atoms with E-state index in [1.54, 1.807) is 0 Å². The van der Waals surface area contributed by atoms with Gasteiger partial charge in [-0.15, -0.1) is 0 Å². The Morgan fingerprint density at radius 1 is 1.44 bits per heavy atom. The fraction of sp³-hybridized carbons (Fsp3) is 0.308. The predicted molar refractivity (Wildman–Crippen MR) is 79.5 cm³/mol. The van der Waals surface area contributed by atoms with Crippen molar-refractivity contribution in [2.75, 3.05) is 16.7 Å². The second kappa shape index (κ2) is 5.82. The maximum absolute atomic E-state index is 5.93. The first kappa shape index (κ1) is 12.8. The van der Waals surface area contributed by atoms with E-state index >= 15 is 0 Å². The van der Waals surface area contributed by atoms with Crippen LogP contribution in [0.3, 0.4) is 0 Å². The minimum atomic E-state index is 0.759. The molecule has 1 aromatic heterocycles. The zero-order valence-corrected chi connectivity index (χ0v) is 11.5. The highest BCUT2D eigenvalue weighted by Crippen LogP contribution is 2.28. The lowest BCUT2D eigenvalue weighted by Crippen LogP contribution is -1.99. The molecule has 0 saturated carbocycles. The smallest absolute Gasteiger partial charge is 0.0950 e. The molecular weight excluding hydrogens is 244 g/mol. The average Bonchev–Trinajstić information content (AvgIpc) is 2.81. The maximum atomic E-state index is 5.93. The molecule has 3 N–H and O–H groups in total. The number of benzene rings is 1. The van der Waals surface area contributed by atoms with Crippen molar-refractivity contribution in [3.8, 4) is 11.3 Å². The summed E-state index contributed by atoms with van der Waals surface area (Å²) in [6, 6.07) is 6.02. The molecule has 1 aromatic carbocycles. The number of nitrogens with zero attached hydrogens (tertiary/aromatic N) is 2. The number of anilines is 2. The fourth-order valence-electron chi connectivity index (χ4n) is 1.89. The van der Waals surface area contributed by atoms with E-state index in [9.17, 15) is 0 Å². The highest BCUT2D eigenvalue weighted by atomic mass is 32.2. The van der Waals surface area contributed by atoms with E-state index in [1.807, 2.05) is 30.9 Å². The molecule has 0 aliphatic rings. The third-order valence-corrected chi connectivity index (χ3v) is 3.16. The molecular formula is C13H18N4S. The molecule has 4 nitrogen and oxygen atoms in total. The molecule has 0 aliphatic heterocycles. The molecule has 0 saturated heterocycles. The van der Waals surface area contributed by atoms with Crippen LogP contribution in [0, 0.1) is 0 Å². The van der Waals surface area contributed by atoms with Crippen molar-refractivity contribution < 1.29 is 0 Å². The SMILES string of the molecule is CCCn1cncc1-c1ccc(N)c(NSC)c1. The Bertz CT molecular complexity index is 521. The molecule has 5 heteroatoms. The van der Waals surface area contributed by atoms with Crippen LogP contribution in [-0.4, -0.2) is 15.8 Å².